The number of aromatic nitrogens is 5. The first kappa shape index (κ1) is 22.0. The van der Waals surface area contributed by atoms with E-state index in [2.05, 4.69) is 88.4 Å². The van der Waals surface area contributed by atoms with Gasteiger partial charge in [-0.15, -0.1) is 11.3 Å². The Morgan fingerprint density at radius 1 is 1.18 bits per heavy atom. The summed E-state index contributed by atoms with van der Waals surface area (Å²) in [7, 11) is 4.10. The summed E-state index contributed by atoms with van der Waals surface area (Å²) in [5, 5.41) is 9.82. The molecule has 0 bridgehead atoms. The number of H-pyrrole nitrogens is 2. The van der Waals surface area contributed by atoms with E-state index in [1.165, 1.54) is 4.88 Å². The van der Waals surface area contributed by atoms with Crippen molar-refractivity contribution in [2.45, 2.75) is 13.5 Å². The van der Waals surface area contributed by atoms with Crippen molar-refractivity contribution in [3.05, 3.63) is 94.6 Å². The van der Waals surface area contributed by atoms with Crippen LogP contribution in [0.2, 0.25) is 0 Å². The third-order valence-electron chi connectivity index (χ3n) is 5.63. The highest BCUT2D eigenvalue weighted by Gasteiger charge is 2.17. The number of hydrogen-bond acceptors (Lipinski definition) is 5. The number of fused-ring (bicyclic) bond motifs is 1. The Balaban J connectivity index is 1.57. The molecule has 0 aromatic carbocycles. The highest BCUT2D eigenvalue weighted by Crippen LogP contribution is 2.34. The molecule has 0 atom stereocenters. The molecule has 5 heterocycles. The lowest BCUT2D eigenvalue weighted by atomic mass is 10.0. The molecule has 7 heteroatoms. The molecule has 5 rings (SSSR count). The summed E-state index contributed by atoms with van der Waals surface area (Å²) in [6, 6.07) is 12.5. The first-order chi connectivity index (χ1) is 16.5. The molecule has 0 aliphatic rings. The molecule has 6 nitrogen and oxygen atoms in total. The van der Waals surface area contributed by atoms with Crippen LogP contribution in [0.3, 0.4) is 0 Å². The van der Waals surface area contributed by atoms with Crippen molar-refractivity contribution >= 4 is 27.9 Å². The SMILES string of the molecule is C=C/C=C(/c1cccs1)c1cc(-c2n[nH]c3ccc(-c4cncc(CN(C)C)c4)nc23)[nH]c1C. The van der Waals surface area contributed by atoms with Crippen molar-refractivity contribution in [1.82, 2.24) is 30.0 Å². The molecule has 0 amide bonds. The van der Waals surface area contributed by atoms with E-state index in [-0.39, 0.29) is 0 Å². The number of aryl methyl sites for hydroxylation is 1. The summed E-state index contributed by atoms with van der Waals surface area (Å²) >= 11 is 1.71. The summed E-state index contributed by atoms with van der Waals surface area (Å²) < 4.78 is 0. The fraction of sp³-hybridized carbons (Fsp3) is 0.148. The maximum atomic E-state index is 4.98. The Morgan fingerprint density at radius 2 is 2.06 bits per heavy atom. The third-order valence-corrected chi connectivity index (χ3v) is 6.53. The zero-order chi connectivity index (χ0) is 23.7. The van der Waals surface area contributed by atoms with Gasteiger partial charge in [0, 0.05) is 46.2 Å². The molecule has 170 valence electrons. The van der Waals surface area contributed by atoms with Crippen LogP contribution in [0.5, 0.6) is 0 Å². The van der Waals surface area contributed by atoms with Gasteiger partial charge in [-0.1, -0.05) is 24.8 Å². The molecule has 5 aromatic rings. The maximum Gasteiger partial charge on any atom is 0.135 e. The Morgan fingerprint density at radius 3 is 2.82 bits per heavy atom. The molecule has 0 fully saturated rings. The first-order valence-corrected chi connectivity index (χ1v) is 11.9. The molecule has 0 aliphatic carbocycles. The second-order valence-corrected chi connectivity index (χ2v) is 9.45. The van der Waals surface area contributed by atoms with Gasteiger partial charge in [0.05, 0.1) is 16.9 Å². The third kappa shape index (κ3) is 4.23. The highest BCUT2D eigenvalue weighted by molar-refractivity contribution is 7.11. The second kappa shape index (κ2) is 9.21. The van der Waals surface area contributed by atoms with E-state index in [0.29, 0.717) is 0 Å². The zero-order valence-corrected chi connectivity index (χ0v) is 20.3. The van der Waals surface area contributed by atoms with Crippen LogP contribution in [-0.2, 0) is 6.54 Å². The lowest BCUT2D eigenvalue weighted by molar-refractivity contribution is 0.402. The van der Waals surface area contributed by atoms with Gasteiger partial charge in [0.25, 0.3) is 0 Å². The van der Waals surface area contributed by atoms with E-state index >= 15 is 0 Å². The minimum atomic E-state index is 0.799. The van der Waals surface area contributed by atoms with Gasteiger partial charge in [-0.05, 0) is 62.3 Å². The van der Waals surface area contributed by atoms with E-state index in [9.17, 15) is 0 Å². The lowest BCUT2D eigenvalue weighted by Gasteiger charge is -2.10. The molecular weight excluding hydrogens is 440 g/mol. The van der Waals surface area contributed by atoms with Crippen LogP contribution in [0.15, 0.2) is 72.9 Å². The normalized spacial score (nSPS) is 12.1. The molecule has 0 aliphatic heterocycles. The second-order valence-electron chi connectivity index (χ2n) is 8.50. The summed E-state index contributed by atoms with van der Waals surface area (Å²) in [6.45, 7) is 6.82. The standard InChI is InChI=1S/C27H26N6S/c1-5-7-20(25-8-6-11-34-25)21-13-24(29-17(21)2)27-26-23(31-32-27)10-9-22(30-26)19-12-18(14-28-15-19)16-33(3)4/h5-15,29H,1,16H2,2-4H3,(H,31,32)/b20-7+. The van der Waals surface area contributed by atoms with Crippen molar-refractivity contribution in [1.29, 1.82) is 0 Å². The van der Waals surface area contributed by atoms with Crippen LogP contribution in [0.25, 0.3) is 39.3 Å². The van der Waals surface area contributed by atoms with Gasteiger partial charge in [-0.3, -0.25) is 10.1 Å². The Kier molecular flexibility index (Phi) is 5.96. The monoisotopic (exact) mass is 466 g/mol. The fourth-order valence-electron chi connectivity index (χ4n) is 4.15. The Bertz CT molecular complexity index is 1490. The molecule has 0 saturated heterocycles. The summed E-state index contributed by atoms with van der Waals surface area (Å²) in [5.41, 5.74) is 9.80. The summed E-state index contributed by atoms with van der Waals surface area (Å²) in [5.74, 6) is 0. The predicted molar refractivity (Wildman–Crippen MR) is 141 cm³/mol. The molecule has 34 heavy (non-hydrogen) atoms. The summed E-state index contributed by atoms with van der Waals surface area (Å²) in [6.07, 6.45) is 7.64. The van der Waals surface area contributed by atoms with E-state index in [1.54, 1.807) is 11.3 Å². The molecule has 0 unspecified atom stereocenters. The Hall–Kier alpha value is -3.81. The minimum absolute atomic E-state index is 0.799. The number of nitrogens with zero attached hydrogens (tertiary/aromatic N) is 4. The van der Waals surface area contributed by atoms with Gasteiger partial charge in [-0.25, -0.2) is 4.98 Å². The number of hydrogen-bond donors (Lipinski definition) is 2. The molecule has 0 radical (unpaired) electrons. The highest BCUT2D eigenvalue weighted by atomic mass is 32.1. The van der Waals surface area contributed by atoms with Crippen LogP contribution in [0.4, 0.5) is 0 Å². The smallest absolute Gasteiger partial charge is 0.135 e. The van der Waals surface area contributed by atoms with Gasteiger partial charge >= 0.3 is 0 Å². The largest absolute Gasteiger partial charge is 0.357 e. The van der Waals surface area contributed by atoms with Gasteiger partial charge in [0.15, 0.2) is 0 Å². The van der Waals surface area contributed by atoms with Crippen molar-refractivity contribution in [2.24, 2.45) is 0 Å². The number of pyridine rings is 2. The lowest BCUT2D eigenvalue weighted by Crippen LogP contribution is -2.10. The van der Waals surface area contributed by atoms with E-state index in [4.69, 9.17) is 4.98 Å². The predicted octanol–water partition coefficient (Wildman–Crippen LogP) is 6.06. The number of rotatable bonds is 7. The first-order valence-electron chi connectivity index (χ1n) is 11.0. The number of allylic oxidation sites excluding steroid dienone is 2. The molecule has 5 aromatic heterocycles. The average Bonchev–Trinajstić information content (AvgIpc) is 3.57. The quantitative estimate of drug-likeness (QED) is 0.286. The van der Waals surface area contributed by atoms with Crippen LogP contribution in [-0.4, -0.2) is 44.1 Å². The average molecular weight is 467 g/mol. The van der Waals surface area contributed by atoms with Crippen molar-refractivity contribution in [3.63, 3.8) is 0 Å². The van der Waals surface area contributed by atoms with Crippen LogP contribution < -0.4 is 0 Å². The topological polar surface area (TPSA) is 73.5 Å². The number of nitrogens with one attached hydrogen (secondary N) is 2. The van der Waals surface area contributed by atoms with Crippen LogP contribution in [0.1, 0.15) is 21.7 Å². The van der Waals surface area contributed by atoms with Crippen molar-refractivity contribution < 1.29 is 0 Å². The maximum absolute atomic E-state index is 4.98. The van der Waals surface area contributed by atoms with Crippen LogP contribution in [0, 0.1) is 6.92 Å². The van der Waals surface area contributed by atoms with Gasteiger partial charge in [0.2, 0.25) is 0 Å². The van der Waals surface area contributed by atoms with E-state index in [0.717, 1.165) is 62.6 Å². The Labute approximate surface area is 202 Å². The van der Waals surface area contributed by atoms with Gasteiger partial charge < -0.3 is 9.88 Å². The van der Waals surface area contributed by atoms with Crippen LogP contribution >= 0.6 is 11.3 Å². The molecule has 0 spiro atoms. The van der Waals surface area contributed by atoms with E-state index in [1.807, 2.05) is 30.6 Å². The van der Waals surface area contributed by atoms with Crippen molar-refractivity contribution in [3.8, 4) is 22.6 Å². The molecule has 0 saturated carbocycles. The molecular formula is C27H26N6S. The number of thiophene rings is 1. The van der Waals surface area contributed by atoms with E-state index < -0.39 is 0 Å². The van der Waals surface area contributed by atoms with Gasteiger partial charge in [-0.2, -0.15) is 5.10 Å². The van der Waals surface area contributed by atoms with Gasteiger partial charge in [0.1, 0.15) is 11.2 Å². The number of aromatic amines is 2. The zero-order valence-electron chi connectivity index (χ0n) is 19.5. The van der Waals surface area contributed by atoms with Crippen molar-refractivity contribution in [2.75, 3.05) is 14.1 Å². The minimum Gasteiger partial charge on any atom is -0.357 e. The summed E-state index contributed by atoms with van der Waals surface area (Å²) in [4.78, 5) is 16.3. The fourth-order valence-corrected chi connectivity index (χ4v) is 4.91. The molecule has 2 N–H and O–H groups in total.